The second kappa shape index (κ2) is 9.56. The van der Waals surface area contributed by atoms with Crippen LogP contribution in [0.3, 0.4) is 0 Å². The van der Waals surface area contributed by atoms with Gasteiger partial charge in [0, 0.05) is 24.9 Å². The Hall–Kier alpha value is -1.86. The van der Waals surface area contributed by atoms with E-state index >= 15 is 0 Å². The lowest BCUT2D eigenvalue weighted by atomic mass is 9.91. The Labute approximate surface area is 174 Å². The number of aliphatic hydroxyl groups excluding tert-OH is 1. The summed E-state index contributed by atoms with van der Waals surface area (Å²) >= 11 is 12.2. The number of ether oxygens (including phenoxy) is 1. The molecule has 0 atom stereocenters. The van der Waals surface area contributed by atoms with Crippen molar-refractivity contribution in [3.63, 3.8) is 0 Å². The molecule has 5 nitrogen and oxygen atoms in total. The highest BCUT2D eigenvalue weighted by molar-refractivity contribution is 7.90. The van der Waals surface area contributed by atoms with Gasteiger partial charge < -0.3 is 9.84 Å². The van der Waals surface area contributed by atoms with Crippen LogP contribution in [0.25, 0.3) is 5.57 Å². The van der Waals surface area contributed by atoms with Crippen LogP contribution in [0.4, 0.5) is 0 Å². The maximum absolute atomic E-state index is 12.6. The molecule has 0 aliphatic rings. The highest BCUT2D eigenvalue weighted by Crippen LogP contribution is 2.33. The fraction of sp³-hybridized carbons (Fsp3) is 0.250. The third-order valence-corrected chi connectivity index (χ3v) is 5.83. The Bertz CT molecular complexity index is 996. The molecule has 1 N–H and O–H groups in total. The van der Waals surface area contributed by atoms with Crippen molar-refractivity contribution < 1.29 is 23.1 Å². The molecule has 0 bridgehead atoms. The van der Waals surface area contributed by atoms with E-state index in [4.69, 9.17) is 27.9 Å². The summed E-state index contributed by atoms with van der Waals surface area (Å²) in [4.78, 5) is 12.7. The fourth-order valence-electron chi connectivity index (χ4n) is 2.69. The number of hydrogen-bond donors (Lipinski definition) is 1. The smallest absolute Gasteiger partial charge is 0.334 e. The zero-order chi connectivity index (χ0) is 20.9. The van der Waals surface area contributed by atoms with Crippen molar-refractivity contribution in [3.05, 3.63) is 69.2 Å². The highest BCUT2D eigenvalue weighted by atomic mass is 35.5. The summed E-state index contributed by atoms with van der Waals surface area (Å²) in [5.41, 5.74) is 1.93. The van der Waals surface area contributed by atoms with E-state index in [9.17, 15) is 18.3 Å². The molecule has 2 aromatic carbocycles. The number of carbonyl (C=O) groups excluding carboxylic acids is 1. The minimum Gasteiger partial charge on any atom is -0.463 e. The van der Waals surface area contributed by atoms with Crippen molar-refractivity contribution in [1.29, 1.82) is 0 Å². The van der Waals surface area contributed by atoms with Gasteiger partial charge in [0.2, 0.25) is 0 Å². The Morgan fingerprint density at radius 2 is 1.64 bits per heavy atom. The molecule has 0 spiro atoms. The van der Waals surface area contributed by atoms with Crippen LogP contribution in [-0.4, -0.2) is 39.0 Å². The average molecular weight is 443 g/mol. The van der Waals surface area contributed by atoms with Crippen molar-refractivity contribution in [2.24, 2.45) is 0 Å². The van der Waals surface area contributed by atoms with E-state index in [0.29, 0.717) is 26.7 Å². The van der Waals surface area contributed by atoms with Crippen LogP contribution >= 0.6 is 23.2 Å². The zero-order valence-corrected chi connectivity index (χ0v) is 17.7. The van der Waals surface area contributed by atoms with Crippen molar-refractivity contribution in [3.8, 4) is 0 Å². The van der Waals surface area contributed by atoms with Crippen molar-refractivity contribution in [2.45, 2.75) is 18.2 Å². The molecular formula is C20H20Cl2O5S. The molecule has 0 fully saturated rings. The van der Waals surface area contributed by atoms with E-state index in [1.165, 1.54) is 12.1 Å². The van der Waals surface area contributed by atoms with Crippen LogP contribution in [-0.2, 0) is 19.4 Å². The summed E-state index contributed by atoms with van der Waals surface area (Å²) in [6, 6.07) is 11.0. The second-order valence-corrected chi connectivity index (χ2v) is 8.80. The van der Waals surface area contributed by atoms with Gasteiger partial charge in [-0.3, -0.25) is 0 Å². The van der Waals surface area contributed by atoms with Gasteiger partial charge in [-0.2, -0.15) is 0 Å². The van der Waals surface area contributed by atoms with Gasteiger partial charge in [-0.1, -0.05) is 41.4 Å². The molecule has 0 saturated carbocycles. The molecule has 150 valence electrons. The molecule has 0 radical (unpaired) electrons. The molecule has 0 unspecified atom stereocenters. The van der Waals surface area contributed by atoms with E-state index in [1.54, 1.807) is 37.3 Å². The van der Waals surface area contributed by atoms with Crippen LogP contribution in [0.5, 0.6) is 0 Å². The van der Waals surface area contributed by atoms with Crippen molar-refractivity contribution in [2.75, 3.05) is 19.5 Å². The van der Waals surface area contributed by atoms with Gasteiger partial charge in [-0.15, -0.1) is 0 Å². The van der Waals surface area contributed by atoms with Gasteiger partial charge in [0.25, 0.3) is 0 Å². The molecule has 28 heavy (non-hydrogen) atoms. The minimum atomic E-state index is -3.36. The minimum absolute atomic E-state index is 0.0578. The molecule has 0 saturated heterocycles. The molecule has 0 aliphatic carbocycles. The molecule has 2 aromatic rings. The van der Waals surface area contributed by atoms with Gasteiger partial charge in [-0.25, -0.2) is 13.2 Å². The van der Waals surface area contributed by atoms with E-state index < -0.39 is 15.8 Å². The normalized spacial score (nSPS) is 12.5. The summed E-state index contributed by atoms with van der Waals surface area (Å²) in [5, 5.41) is 10.1. The van der Waals surface area contributed by atoms with Crippen LogP contribution in [0.2, 0.25) is 10.0 Å². The molecule has 0 heterocycles. The van der Waals surface area contributed by atoms with E-state index in [1.807, 2.05) is 0 Å². The van der Waals surface area contributed by atoms with Crippen molar-refractivity contribution in [1.82, 2.24) is 0 Å². The SMILES string of the molecule is CCOC(=O)/C(CCO)=C(/c1ccc(S(C)(=O)=O)cc1)c1ccc(Cl)c(Cl)c1. The Balaban J connectivity index is 2.75. The topological polar surface area (TPSA) is 80.7 Å². The Morgan fingerprint density at radius 1 is 1.04 bits per heavy atom. The number of hydrogen-bond acceptors (Lipinski definition) is 5. The maximum Gasteiger partial charge on any atom is 0.334 e. The number of aliphatic hydroxyl groups is 1. The van der Waals surface area contributed by atoms with Gasteiger partial charge in [-0.05, 0) is 47.9 Å². The Kier molecular flexibility index (Phi) is 7.66. The zero-order valence-electron chi connectivity index (χ0n) is 15.4. The molecule has 8 heteroatoms. The predicted octanol–water partition coefficient (Wildman–Crippen LogP) is 4.14. The third-order valence-electron chi connectivity index (χ3n) is 3.96. The van der Waals surface area contributed by atoms with Crippen molar-refractivity contribution >= 4 is 44.6 Å². The monoisotopic (exact) mass is 442 g/mol. The van der Waals surface area contributed by atoms with Gasteiger partial charge in [0.15, 0.2) is 9.84 Å². The first-order valence-corrected chi connectivity index (χ1v) is 11.1. The predicted molar refractivity (Wildman–Crippen MR) is 110 cm³/mol. The van der Waals surface area contributed by atoms with Crippen LogP contribution in [0.1, 0.15) is 24.5 Å². The molecule has 0 aliphatic heterocycles. The van der Waals surface area contributed by atoms with Gasteiger partial charge >= 0.3 is 5.97 Å². The summed E-state index contributed by atoms with van der Waals surface area (Å²) in [5.74, 6) is -0.565. The Morgan fingerprint density at radius 3 is 2.14 bits per heavy atom. The lowest BCUT2D eigenvalue weighted by Crippen LogP contribution is -2.12. The average Bonchev–Trinajstić information content (AvgIpc) is 2.64. The van der Waals surface area contributed by atoms with Crippen LogP contribution < -0.4 is 0 Å². The van der Waals surface area contributed by atoms with E-state index in [2.05, 4.69) is 0 Å². The molecule has 0 aromatic heterocycles. The maximum atomic E-state index is 12.6. The first-order valence-electron chi connectivity index (χ1n) is 8.46. The van der Waals surface area contributed by atoms with Crippen LogP contribution in [0.15, 0.2) is 52.9 Å². The standard InChI is InChI=1S/C20H20Cl2O5S/c1-3-27-20(24)16(10-11-23)19(14-6-9-17(21)18(22)12-14)13-4-7-15(8-5-13)28(2,25)26/h4-9,12,23H,3,10-11H2,1-2H3/b19-16-. The molecule has 0 amide bonds. The quantitative estimate of drug-likeness (QED) is 0.514. The lowest BCUT2D eigenvalue weighted by Gasteiger charge is -2.16. The summed E-state index contributed by atoms with van der Waals surface area (Å²) in [6.45, 7) is 1.60. The number of halogens is 2. The number of carbonyl (C=O) groups is 1. The largest absolute Gasteiger partial charge is 0.463 e. The first kappa shape index (κ1) is 22.4. The molecular weight excluding hydrogens is 423 g/mol. The van der Waals surface area contributed by atoms with Crippen LogP contribution in [0, 0.1) is 0 Å². The summed E-state index contributed by atoms with van der Waals surface area (Å²) in [7, 11) is -3.36. The third kappa shape index (κ3) is 5.35. The van der Waals surface area contributed by atoms with Gasteiger partial charge in [0.1, 0.15) is 0 Å². The summed E-state index contributed by atoms with van der Waals surface area (Å²) in [6.07, 6.45) is 1.18. The highest BCUT2D eigenvalue weighted by Gasteiger charge is 2.20. The van der Waals surface area contributed by atoms with Gasteiger partial charge in [0.05, 0.1) is 21.5 Å². The number of esters is 1. The number of rotatable bonds is 7. The second-order valence-electron chi connectivity index (χ2n) is 5.97. The molecule has 2 rings (SSSR count). The van der Waals surface area contributed by atoms with E-state index in [0.717, 1.165) is 6.26 Å². The lowest BCUT2D eigenvalue weighted by molar-refractivity contribution is -0.138. The number of sulfone groups is 1. The number of benzene rings is 2. The fourth-order valence-corrected chi connectivity index (χ4v) is 3.62. The first-order chi connectivity index (χ1) is 13.2. The summed E-state index contributed by atoms with van der Waals surface area (Å²) < 4.78 is 28.6. The van der Waals surface area contributed by atoms with E-state index in [-0.39, 0.29) is 30.1 Å².